The molecule has 0 spiro atoms. The summed E-state index contributed by atoms with van der Waals surface area (Å²) in [6.45, 7) is 0. The summed E-state index contributed by atoms with van der Waals surface area (Å²) in [5.41, 5.74) is 0. The molecule has 0 amide bonds. The first-order valence-corrected chi connectivity index (χ1v) is 2.77. The molecule has 0 rings (SSSR count). The maximum Gasteiger partial charge on any atom is 0.631 e. The van der Waals surface area contributed by atoms with Crippen LogP contribution in [0.3, 0.4) is 0 Å². The summed E-state index contributed by atoms with van der Waals surface area (Å²) in [4.78, 5) is 0. The van der Waals surface area contributed by atoms with Crippen molar-refractivity contribution in [1.82, 2.24) is 0 Å². The van der Waals surface area contributed by atoms with Crippen LogP contribution in [-0.4, -0.2) is 28.6 Å². The van der Waals surface area contributed by atoms with E-state index < -0.39 is 26.3 Å². The van der Waals surface area contributed by atoms with Crippen molar-refractivity contribution in [3.8, 4) is 6.07 Å². The third kappa shape index (κ3) is 35.0. The maximum atomic E-state index is 11.1. The molecule has 0 aliphatic rings. The largest absolute Gasteiger partial charge is 0.631 e. The fourth-order valence-corrected chi connectivity index (χ4v) is 0.198. The summed E-state index contributed by atoms with van der Waals surface area (Å²) in [5.74, 6) is 0. The molecular formula is C4H7BF3NO3. The fourth-order valence-electron chi connectivity index (χ4n) is 0.198. The molecule has 70 valence electrons. The summed E-state index contributed by atoms with van der Waals surface area (Å²) >= 11 is 0. The van der Waals surface area contributed by atoms with Gasteiger partial charge in [-0.15, -0.1) is 0 Å². The van der Waals surface area contributed by atoms with E-state index in [2.05, 4.69) is 0 Å². The summed E-state index contributed by atoms with van der Waals surface area (Å²) in [5, 5.41) is 29.2. The second kappa shape index (κ2) is 6.91. The minimum Gasteiger partial charge on any atom is -0.402 e. The van der Waals surface area contributed by atoms with Crippen molar-refractivity contribution in [3.63, 3.8) is 0 Å². The first-order chi connectivity index (χ1) is 5.29. The van der Waals surface area contributed by atoms with Gasteiger partial charge in [0.25, 0.3) is 0 Å². The molecule has 12 heavy (non-hydrogen) atoms. The second-order valence-electron chi connectivity index (χ2n) is 1.62. The van der Waals surface area contributed by atoms with Crippen LogP contribution in [-0.2, 0) is 0 Å². The molecule has 0 radical (unpaired) electrons. The topological polar surface area (TPSA) is 84.5 Å². The lowest BCUT2D eigenvalue weighted by molar-refractivity contribution is -0.133. The molecule has 0 saturated carbocycles. The molecule has 0 saturated heterocycles. The number of halogens is 3. The van der Waals surface area contributed by atoms with Gasteiger partial charge < -0.3 is 15.1 Å². The van der Waals surface area contributed by atoms with E-state index in [0.717, 1.165) is 0 Å². The zero-order valence-corrected chi connectivity index (χ0v) is 5.91. The van der Waals surface area contributed by atoms with Crippen LogP contribution < -0.4 is 0 Å². The molecule has 8 heteroatoms. The molecule has 0 bridgehead atoms. The van der Waals surface area contributed by atoms with Gasteiger partial charge in [0.15, 0.2) is 0 Å². The standard InChI is InChI=1S/C4H4F3N.BH3O3/c5-4(6,7)2-1-3-8;2-1(3)4/h1-2H2;2-4H. The van der Waals surface area contributed by atoms with Crippen molar-refractivity contribution < 1.29 is 28.2 Å². The average molecular weight is 185 g/mol. The summed E-state index contributed by atoms with van der Waals surface area (Å²) in [6, 6.07) is 1.40. The normalized spacial score (nSPS) is 9.42. The molecule has 0 aliphatic heterocycles. The van der Waals surface area contributed by atoms with E-state index in [1.165, 1.54) is 6.07 Å². The number of rotatable bonds is 1. The Bertz CT molecular complexity index is 141. The number of hydrogen-bond donors (Lipinski definition) is 3. The van der Waals surface area contributed by atoms with E-state index in [0.29, 0.717) is 0 Å². The number of alkyl halides is 3. The Hall–Kier alpha value is -0.775. The van der Waals surface area contributed by atoms with Crippen molar-refractivity contribution in [2.45, 2.75) is 19.0 Å². The molecule has 0 aromatic carbocycles. The first kappa shape index (κ1) is 13.8. The van der Waals surface area contributed by atoms with Crippen LogP contribution in [0.4, 0.5) is 13.2 Å². The van der Waals surface area contributed by atoms with Crippen molar-refractivity contribution in [2.75, 3.05) is 0 Å². The molecule has 0 atom stereocenters. The Labute approximate surface area is 67.0 Å². The van der Waals surface area contributed by atoms with Gasteiger partial charge in [0.2, 0.25) is 0 Å². The van der Waals surface area contributed by atoms with E-state index in [4.69, 9.17) is 20.3 Å². The van der Waals surface area contributed by atoms with Crippen molar-refractivity contribution in [1.29, 1.82) is 5.26 Å². The van der Waals surface area contributed by atoms with Gasteiger partial charge in [-0.1, -0.05) is 0 Å². The highest BCUT2D eigenvalue weighted by atomic mass is 19.4. The maximum absolute atomic E-state index is 11.1. The van der Waals surface area contributed by atoms with Crippen LogP contribution in [0.1, 0.15) is 12.8 Å². The van der Waals surface area contributed by atoms with Gasteiger partial charge in [-0.05, 0) is 0 Å². The molecular weight excluding hydrogens is 178 g/mol. The second-order valence-corrected chi connectivity index (χ2v) is 1.62. The van der Waals surface area contributed by atoms with Gasteiger partial charge in [0.05, 0.1) is 12.5 Å². The van der Waals surface area contributed by atoms with Gasteiger partial charge in [-0.3, -0.25) is 0 Å². The van der Waals surface area contributed by atoms with Gasteiger partial charge in [0.1, 0.15) is 0 Å². The van der Waals surface area contributed by atoms with Gasteiger partial charge in [0, 0.05) is 6.42 Å². The van der Waals surface area contributed by atoms with Crippen molar-refractivity contribution in [2.24, 2.45) is 0 Å². The lowest BCUT2D eigenvalue weighted by atomic mass is 10.3. The zero-order chi connectivity index (χ0) is 10.2. The van der Waals surface area contributed by atoms with Crippen molar-refractivity contribution in [3.05, 3.63) is 0 Å². The summed E-state index contributed by atoms with van der Waals surface area (Å²) in [7, 11) is -2.17. The highest BCUT2D eigenvalue weighted by Gasteiger charge is 2.25. The highest BCUT2D eigenvalue weighted by Crippen LogP contribution is 2.20. The molecule has 0 heterocycles. The van der Waals surface area contributed by atoms with Crippen LogP contribution >= 0.6 is 0 Å². The lowest BCUT2D eigenvalue weighted by Crippen LogP contribution is -2.07. The van der Waals surface area contributed by atoms with Crippen molar-refractivity contribution >= 4 is 7.32 Å². The quantitative estimate of drug-likeness (QED) is 0.493. The molecule has 0 fully saturated rings. The number of hydrogen-bond acceptors (Lipinski definition) is 4. The summed E-state index contributed by atoms with van der Waals surface area (Å²) < 4.78 is 33.3. The van der Waals surface area contributed by atoms with Crippen LogP contribution in [0.25, 0.3) is 0 Å². The predicted octanol–water partition coefficient (Wildman–Crippen LogP) is -0.199. The Morgan fingerprint density at radius 1 is 1.25 bits per heavy atom. The fraction of sp³-hybridized carbons (Fsp3) is 0.750. The van der Waals surface area contributed by atoms with Crippen LogP contribution in [0.2, 0.25) is 0 Å². The molecule has 0 aromatic rings. The van der Waals surface area contributed by atoms with E-state index in [1.54, 1.807) is 0 Å². The average Bonchev–Trinajstić information content (AvgIpc) is 1.80. The Morgan fingerprint density at radius 3 is 1.67 bits per heavy atom. The highest BCUT2D eigenvalue weighted by molar-refractivity contribution is 6.30. The van der Waals surface area contributed by atoms with Crippen LogP contribution in [0.5, 0.6) is 0 Å². The smallest absolute Gasteiger partial charge is 0.402 e. The predicted molar refractivity (Wildman–Crippen MR) is 33.3 cm³/mol. The van der Waals surface area contributed by atoms with E-state index in [9.17, 15) is 13.2 Å². The van der Waals surface area contributed by atoms with E-state index in [-0.39, 0.29) is 0 Å². The van der Waals surface area contributed by atoms with Crippen LogP contribution in [0.15, 0.2) is 0 Å². The molecule has 0 aliphatic carbocycles. The lowest BCUT2D eigenvalue weighted by Gasteiger charge is -1.99. The molecule has 4 nitrogen and oxygen atoms in total. The Morgan fingerprint density at radius 2 is 1.58 bits per heavy atom. The van der Waals surface area contributed by atoms with Gasteiger partial charge in [-0.2, -0.15) is 18.4 Å². The Balaban J connectivity index is 0. The first-order valence-electron chi connectivity index (χ1n) is 2.77. The molecule has 0 aromatic heterocycles. The van der Waals surface area contributed by atoms with E-state index >= 15 is 0 Å². The third-order valence-corrected chi connectivity index (χ3v) is 0.520. The minimum atomic E-state index is -4.17. The Kier molecular flexibility index (Phi) is 7.94. The summed E-state index contributed by atoms with van der Waals surface area (Å²) in [6.07, 6.45) is -5.61. The zero-order valence-electron chi connectivity index (χ0n) is 5.91. The molecule has 0 unspecified atom stereocenters. The van der Waals surface area contributed by atoms with E-state index in [1.807, 2.05) is 0 Å². The third-order valence-electron chi connectivity index (χ3n) is 0.520. The van der Waals surface area contributed by atoms with Gasteiger partial charge >= 0.3 is 13.5 Å². The minimum absolute atomic E-state index is 0.441. The molecule has 3 N–H and O–H groups in total. The number of nitrogens with zero attached hydrogens (tertiary/aromatic N) is 1. The van der Waals surface area contributed by atoms with Gasteiger partial charge in [-0.25, -0.2) is 0 Å². The SMILES string of the molecule is N#CCCC(F)(F)F.OB(O)O. The number of nitriles is 1. The van der Waals surface area contributed by atoms with Crippen LogP contribution in [0, 0.1) is 11.3 Å². The monoisotopic (exact) mass is 185 g/mol.